The Bertz CT molecular complexity index is 449. The van der Waals surface area contributed by atoms with Crippen molar-refractivity contribution in [2.45, 2.75) is 13.3 Å². The van der Waals surface area contributed by atoms with Gasteiger partial charge in [0.1, 0.15) is 6.33 Å². The maximum Gasteiger partial charge on any atom is 0.203 e. The Balaban J connectivity index is 2.38. The van der Waals surface area contributed by atoms with Gasteiger partial charge in [-0.15, -0.1) is 10.2 Å². The molecule has 0 unspecified atom stereocenters. The smallest absolute Gasteiger partial charge is 0.203 e. The fraction of sp³-hybridized carbons (Fsp3) is 0.500. The van der Waals surface area contributed by atoms with Crippen LogP contribution in [0.5, 0.6) is 0 Å². The molecular weight excluding hydrogens is 206 g/mol. The molecule has 6 heteroatoms. The van der Waals surface area contributed by atoms with E-state index >= 15 is 0 Å². The van der Waals surface area contributed by atoms with E-state index in [1.54, 1.807) is 12.5 Å². The molecule has 0 spiro atoms. The quantitative estimate of drug-likeness (QED) is 0.788. The van der Waals surface area contributed by atoms with Crippen LogP contribution in [-0.4, -0.2) is 44.4 Å². The molecule has 0 amide bonds. The van der Waals surface area contributed by atoms with Gasteiger partial charge in [-0.1, -0.05) is 6.92 Å². The van der Waals surface area contributed by atoms with Crippen LogP contribution in [0.2, 0.25) is 0 Å². The molecular formula is C10H15N5O. The summed E-state index contributed by atoms with van der Waals surface area (Å²) in [5.74, 6) is 0.774. The van der Waals surface area contributed by atoms with Crippen molar-refractivity contribution in [3.8, 4) is 0 Å². The summed E-state index contributed by atoms with van der Waals surface area (Å²) in [5.41, 5.74) is 0.726. The number of aromatic nitrogens is 4. The Hall–Kier alpha value is -1.69. The third-order valence-corrected chi connectivity index (χ3v) is 2.36. The lowest BCUT2D eigenvalue weighted by molar-refractivity contribution is 0.301. The molecule has 1 N–H and O–H groups in total. The van der Waals surface area contributed by atoms with Crippen molar-refractivity contribution in [2.75, 3.05) is 24.6 Å². The van der Waals surface area contributed by atoms with Gasteiger partial charge in [-0.3, -0.25) is 4.40 Å². The van der Waals surface area contributed by atoms with E-state index in [2.05, 4.69) is 22.1 Å². The zero-order valence-corrected chi connectivity index (χ0v) is 9.24. The van der Waals surface area contributed by atoms with E-state index in [1.165, 1.54) is 0 Å². The van der Waals surface area contributed by atoms with Crippen molar-refractivity contribution in [1.82, 2.24) is 19.6 Å². The van der Waals surface area contributed by atoms with E-state index in [4.69, 9.17) is 5.11 Å². The van der Waals surface area contributed by atoms with E-state index in [0.717, 1.165) is 24.4 Å². The summed E-state index contributed by atoms with van der Waals surface area (Å²) in [5, 5.41) is 16.9. The van der Waals surface area contributed by atoms with Gasteiger partial charge in [0, 0.05) is 25.5 Å². The Morgan fingerprint density at radius 3 is 3.06 bits per heavy atom. The molecule has 0 aromatic carbocycles. The number of aliphatic hydroxyl groups excluding tert-OH is 1. The van der Waals surface area contributed by atoms with Crippen molar-refractivity contribution >= 4 is 11.5 Å². The van der Waals surface area contributed by atoms with Crippen LogP contribution in [0, 0.1) is 0 Å². The molecule has 0 bridgehead atoms. The molecule has 2 rings (SSSR count). The summed E-state index contributed by atoms with van der Waals surface area (Å²) in [6.45, 7) is 3.61. The highest BCUT2D eigenvalue weighted by Crippen LogP contribution is 2.15. The predicted molar refractivity (Wildman–Crippen MR) is 60.4 cm³/mol. The van der Waals surface area contributed by atoms with Gasteiger partial charge in [-0.2, -0.15) is 0 Å². The first-order valence-corrected chi connectivity index (χ1v) is 5.37. The first kappa shape index (κ1) is 10.8. The molecule has 2 heterocycles. The Kier molecular flexibility index (Phi) is 3.31. The van der Waals surface area contributed by atoms with Gasteiger partial charge in [0.2, 0.25) is 5.65 Å². The van der Waals surface area contributed by atoms with Crippen molar-refractivity contribution in [2.24, 2.45) is 0 Å². The van der Waals surface area contributed by atoms with Crippen LogP contribution >= 0.6 is 0 Å². The van der Waals surface area contributed by atoms with Gasteiger partial charge >= 0.3 is 0 Å². The fourth-order valence-corrected chi connectivity index (χ4v) is 1.68. The van der Waals surface area contributed by atoms with Crippen LogP contribution in [0.4, 0.5) is 5.82 Å². The van der Waals surface area contributed by atoms with E-state index in [0.29, 0.717) is 6.54 Å². The second-order valence-electron chi connectivity index (χ2n) is 3.52. The molecule has 0 aliphatic carbocycles. The molecule has 6 nitrogen and oxygen atoms in total. The highest BCUT2D eigenvalue weighted by molar-refractivity contribution is 5.63. The monoisotopic (exact) mass is 221 g/mol. The molecule has 0 aliphatic rings. The van der Waals surface area contributed by atoms with Crippen molar-refractivity contribution in [3.05, 3.63) is 18.7 Å². The molecule has 16 heavy (non-hydrogen) atoms. The Labute approximate surface area is 93.6 Å². The van der Waals surface area contributed by atoms with Crippen LogP contribution in [-0.2, 0) is 0 Å². The molecule has 0 saturated carbocycles. The molecule has 0 radical (unpaired) electrons. The maximum absolute atomic E-state index is 9.04. The topological polar surface area (TPSA) is 66.5 Å². The van der Waals surface area contributed by atoms with Crippen LogP contribution in [0.25, 0.3) is 5.65 Å². The lowest BCUT2D eigenvalue weighted by Gasteiger charge is -2.21. The highest BCUT2D eigenvalue weighted by Gasteiger charge is 2.12. The summed E-state index contributed by atoms with van der Waals surface area (Å²) < 4.78 is 1.82. The molecule has 0 saturated heterocycles. The third-order valence-electron chi connectivity index (χ3n) is 2.36. The highest BCUT2D eigenvalue weighted by atomic mass is 16.3. The average Bonchev–Trinajstić information content (AvgIpc) is 2.76. The third kappa shape index (κ3) is 1.96. The Morgan fingerprint density at radius 2 is 2.31 bits per heavy atom. The number of hydrogen-bond donors (Lipinski definition) is 1. The van der Waals surface area contributed by atoms with E-state index < -0.39 is 0 Å². The van der Waals surface area contributed by atoms with Gasteiger partial charge in [-0.25, -0.2) is 4.98 Å². The molecule has 0 atom stereocenters. The predicted octanol–water partition coefficient (Wildman–Crippen LogP) is 0.333. The average molecular weight is 221 g/mol. The van der Waals surface area contributed by atoms with Crippen LogP contribution in [0.3, 0.4) is 0 Å². The number of nitrogens with zero attached hydrogens (tertiary/aromatic N) is 5. The SMILES string of the molecule is CCCN(CCO)c1nccn2cnnc12. The molecule has 0 fully saturated rings. The summed E-state index contributed by atoms with van der Waals surface area (Å²) in [6, 6.07) is 0. The number of aliphatic hydroxyl groups is 1. The Morgan fingerprint density at radius 1 is 1.44 bits per heavy atom. The van der Waals surface area contributed by atoms with Crippen molar-refractivity contribution in [1.29, 1.82) is 0 Å². The van der Waals surface area contributed by atoms with Gasteiger partial charge < -0.3 is 10.0 Å². The minimum Gasteiger partial charge on any atom is -0.395 e. The zero-order valence-electron chi connectivity index (χ0n) is 9.24. The van der Waals surface area contributed by atoms with Crippen molar-refractivity contribution in [3.63, 3.8) is 0 Å². The lowest BCUT2D eigenvalue weighted by Crippen LogP contribution is -2.28. The second-order valence-corrected chi connectivity index (χ2v) is 3.52. The number of hydrogen-bond acceptors (Lipinski definition) is 5. The van der Waals surface area contributed by atoms with E-state index in [1.807, 2.05) is 15.5 Å². The zero-order chi connectivity index (χ0) is 11.4. The minimum atomic E-state index is 0.108. The van der Waals surface area contributed by atoms with Gasteiger partial charge in [0.05, 0.1) is 6.61 Å². The number of rotatable bonds is 5. The molecule has 2 aromatic heterocycles. The minimum absolute atomic E-state index is 0.108. The lowest BCUT2D eigenvalue weighted by atomic mass is 10.4. The summed E-state index contributed by atoms with van der Waals surface area (Å²) in [4.78, 5) is 6.33. The normalized spacial score (nSPS) is 10.9. The largest absolute Gasteiger partial charge is 0.395 e. The molecule has 86 valence electrons. The maximum atomic E-state index is 9.04. The van der Waals surface area contributed by atoms with Crippen LogP contribution in [0.1, 0.15) is 13.3 Å². The molecule has 0 aliphatic heterocycles. The van der Waals surface area contributed by atoms with Gasteiger partial charge in [0.15, 0.2) is 5.82 Å². The van der Waals surface area contributed by atoms with Gasteiger partial charge in [-0.05, 0) is 6.42 Å². The molecule has 2 aromatic rings. The summed E-state index contributed by atoms with van der Waals surface area (Å²) in [6.07, 6.45) is 6.16. The van der Waals surface area contributed by atoms with Crippen molar-refractivity contribution < 1.29 is 5.11 Å². The van der Waals surface area contributed by atoms with Crippen LogP contribution in [0.15, 0.2) is 18.7 Å². The number of fused-ring (bicyclic) bond motifs is 1. The standard InChI is InChI=1S/C10H15N5O/c1-2-4-14(6-7-16)9-10-13-12-8-15(10)5-3-11-9/h3,5,8,16H,2,4,6-7H2,1H3. The summed E-state index contributed by atoms with van der Waals surface area (Å²) >= 11 is 0. The first-order valence-electron chi connectivity index (χ1n) is 5.37. The first-order chi connectivity index (χ1) is 7.86. The van der Waals surface area contributed by atoms with Crippen LogP contribution < -0.4 is 4.90 Å². The second kappa shape index (κ2) is 4.89. The fourth-order valence-electron chi connectivity index (χ4n) is 1.68. The van der Waals surface area contributed by atoms with Gasteiger partial charge in [0.25, 0.3) is 0 Å². The van der Waals surface area contributed by atoms with E-state index in [-0.39, 0.29) is 6.61 Å². The van der Waals surface area contributed by atoms with E-state index in [9.17, 15) is 0 Å². The summed E-state index contributed by atoms with van der Waals surface area (Å²) in [7, 11) is 0. The number of anilines is 1.